The van der Waals surface area contributed by atoms with Crippen LogP contribution in [0.3, 0.4) is 0 Å². The summed E-state index contributed by atoms with van der Waals surface area (Å²) in [6, 6.07) is 11.0. The van der Waals surface area contributed by atoms with Crippen molar-refractivity contribution in [3.8, 4) is 0 Å². The zero-order valence-corrected chi connectivity index (χ0v) is 17.9. The van der Waals surface area contributed by atoms with Gasteiger partial charge in [0.25, 0.3) is 5.69 Å². The molecule has 0 bridgehead atoms. The minimum atomic E-state index is -3.52. The molecular formula is C20H22ClN3O5S. The summed E-state index contributed by atoms with van der Waals surface area (Å²) in [5.74, 6) is -0.760. The molecule has 0 aromatic heterocycles. The highest BCUT2D eigenvalue weighted by Crippen LogP contribution is 2.26. The van der Waals surface area contributed by atoms with E-state index in [9.17, 15) is 23.3 Å². The van der Waals surface area contributed by atoms with E-state index in [0.717, 1.165) is 5.56 Å². The summed E-state index contributed by atoms with van der Waals surface area (Å²) in [5, 5.41) is 14.2. The lowest BCUT2D eigenvalue weighted by molar-refractivity contribution is -0.384. The number of nitro groups is 1. The van der Waals surface area contributed by atoms with Gasteiger partial charge in [0, 0.05) is 36.2 Å². The molecule has 0 saturated carbocycles. The fourth-order valence-corrected chi connectivity index (χ4v) is 5.18. The first-order valence-corrected chi connectivity index (χ1v) is 11.4. The Morgan fingerprint density at radius 2 is 1.93 bits per heavy atom. The average molecular weight is 452 g/mol. The van der Waals surface area contributed by atoms with E-state index in [1.807, 2.05) is 0 Å². The van der Waals surface area contributed by atoms with Crippen LogP contribution in [0.15, 0.2) is 42.5 Å². The van der Waals surface area contributed by atoms with E-state index >= 15 is 0 Å². The molecule has 0 radical (unpaired) electrons. The van der Waals surface area contributed by atoms with E-state index < -0.39 is 14.9 Å². The van der Waals surface area contributed by atoms with Crippen LogP contribution in [0.5, 0.6) is 0 Å². The van der Waals surface area contributed by atoms with Gasteiger partial charge in [-0.25, -0.2) is 12.7 Å². The van der Waals surface area contributed by atoms with Gasteiger partial charge >= 0.3 is 0 Å². The first-order valence-electron chi connectivity index (χ1n) is 9.44. The van der Waals surface area contributed by atoms with Crippen LogP contribution >= 0.6 is 11.6 Å². The molecule has 0 atom stereocenters. The topological polar surface area (TPSA) is 110 Å². The lowest BCUT2D eigenvalue weighted by Crippen LogP contribution is -2.41. The molecule has 1 saturated heterocycles. The maximum atomic E-state index is 12.7. The standard InChI is InChI=1S/C20H22ClN3O5S/c1-14-5-6-18(24(26)27)12-19(14)22-20(25)16-7-9-23(10-8-16)30(28,29)13-15-3-2-4-17(21)11-15/h2-6,11-12,16H,7-10,13H2,1H3,(H,22,25). The molecule has 0 aliphatic carbocycles. The number of carbonyl (C=O) groups excluding carboxylic acids is 1. The number of piperidine rings is 1. The second kappa shape index (κ2) is 9.11. The summed E-state index contributed by atoms with van der Waals surface area (Å²) >= 11 is 5.93. The number of rotatable bonds is 6. The van der Waals surface area contributed by atoms with Crippen molar-refractivity contribution in [2.24, 2.45) is 5.92 Å². The van der Waals surface area contributed by atoms with Gasteiger partial charge in [0.05, 0.1) is 16.4 Å². The Kier molecular flexibility index (Phi) is 6.74. The molecule has 2 aromatic carbocycles. The highest BCUT2D eigenvalue weighted by atomic mass is 35.5. The quantitative estimate of drug-likeness (QED) is 0.531. The van der Waals surface area contributed by atoms with Crippen molar-refractivity contribution in [2.75, 3.05) is 18.4 Å². The number of non-ortho nitro benzene ring substituents is 1. The normalized spacial score (nSPS) is 15.7. The summed E-state index contributed by atoms with van der Waals surface area (Å²) in [5.41, 5.74) is 1.63. The van der Waals surface area contributed by atoms with Crippen LogP contribution in [0.1, 0.15) is 24.0 Å². The summed E-state index contributed by atoms with van der Waals surface area (Å²) in [6.45, 7) is 2.24. The Bertz CT molecular complexity index is 1070. The van der Waals surface area contributed by atoms with E-state index in [1.54, 1.807) is 37.3 Å². The van der Waals surface area contributed by atoms with Crippen molar-refractivity contribution in [1.82, 2.24) is 4.31 Å². The van der Waals surface area contributed by atoms with E-state index in [2.05, 4.69) is 5.32 Å². The van der Waals surface area contributed by atoms with Crippen LogP contribution in [0.25, 0.3) is 0 Å². The first-order chi connectivity index (χ1) is 14.2. The van der Waals surface area contributed by atoms with Gasteiger partial charge in [-0.15, -0.1) is 0 Å². The SMILES string of the molecule is Cc1ccc([N+](=O)[O-])cc1NC(=O)C1CCN(S(=O)(=O)Cc2cccc(Cl)c2)CC1. The molecule has 1 N–H and O–H groups in total. The number of nitro benzene ring substituents is 1. The Morgan fingerprint density at radius 1 is 1.23 bits per heavy atom. The molecule has 10 heteroatoms. The molecule has 1 amide bonds. The van der Waals surface area contributed by atoms with Gasteiger partial charge in [-0.1, -0.05) is 29.8 Å². The summed E-state index contributed by atoms with van der Waals surface area (Å²) in [4.78, 5) is 23.1. The minimum Gasteiger partial charge on any atom is -0.325 e. The average Bonchev–Trinajstić information content (AvgIpc) is 2.69. The van der Waals surface area contributed by atoms with Gasteiger partial charge in [0.15, 0.2) is 0 Å². The Morgan fingerprint density at radius 3 is 2.57 bits per heavy atom. The maximum absolute atomic E-state index is 12.7. The Balaban J connectivity index is 1.60. The molecule has 2 aromatic rings. The number of hydrogen-bond acceptors (Lipinski definition) is 5. The fourth-order valence-electron chi connectivity index (χ4n) is 3.42. The van der Waals surface area contributed by atoms with Crippen LogP contribution in [0.2, 0.25) is 5.02 Å². The largest absolute Gasteiger partial charge is 0.325 e. The Hall–Kier alpha value is -2.49. The number of amides is 1. The van der Waals surface area contributed by atoms with Crippen LogP contribution in [-0.4, -0.2) is 36.6 Å². The molecule has 0 spiro atoms. The van der Waals surface area contributed by atoms with Crippen molar-refractivity contribution >= 4 is 38.9 Å². The Labute approximate surface area is 180 Å². The molecule has 1 fully saturated rings. The number of anilines is 1. The predicted molar refractivity (Wildman–Crippen MR) is 115 cm³/mol. The molecule has 3 rings (SSSR count). The smallest absolute Gasteiger partial charge is 0.271 e. The minimum absolute atomic E-state index is 0.0992. The number of nitrogens with one attached hydrogen (secondary N) is 1. The molecular weight excluding hydrogens is 430 g/mol. The van der Waals surface area contributed by atoms with Crippen LogP contribution in [0.4, 0.5) is 11.4 Å². The monoisotopic (exact) mass is 451 g/mol. The number of benzene rings is 2. The molecule has 0 unspecified atom stereocenters. The number of nitrogens with zero attached hydrogens (tertiary/aromatic N) is 2. The van der Waals surface area contributed by atoms with Crippen LogP contribution in [0, 0.1) is 23.0 Å². The third kappa shape index (κ3) is 5.35. The summed E-state index contributed by atoms with van der Waals surface area (Å²) < 4.78 is 26.8. The predicted octanol–water partition coefficient (Wildman–Crippen LogP) is 3.74. The summed E-state index contributed by atoms with van der Waals surface area (Å²) in [7, 11) is -3.52. The number of aryl methyl sites for hydroxylation is 1. The van der Waals surface area contributed by atoms with E-state index in [1.165, 1.54) is 16.4 Å². The van der Waals surface area contributed by atoms with Crippen molar-refractivity contribution in [3.05, 3.63) is 68.7 Å². The third-order valence-electron chi connectivity index (χ3n) is 5.15. The molecule has 30 heavy (non-hydrogen) atoms. The van der Waals surface area contributed by atoms with E-state index in [4.69, 9.17) is 11.6 Å². The van der Waals surface area contributed by atoms with E-state index in [-0.39, 0.29) is 36.4 Å². The van der Waals surface area contributed by atoms with Crippen molar-refractivity contribution in [1.29, 1.82) is 0 Å². The van der Waals surface area contributed by atoms with Crippen LogP contribution in [-0.2, 0) is 20.6 Å². The fraction of sp³-hybridized carbons (Fsp3) is 0.350. The van der Waals surface area contributed by atoms with Crippen LogP contribution < -0.4 is 5.32 Å². The first kappa shape index (κ1) is 22.2. The second-order valence-corrected chi connectivity index (χ2v) is 9.71. The highest BCUT2D eigenvalue weighted by Gasteiger charge is 2.31. The van der Waals surface area contributed by atoms with Gasteiger partial charge in [-0.05, 0) is 43.0 Å². The van der Waals surface area contributed by atoms with Gasteiger partial charge < -0.3 is 5.32 Å². The lowest BCUT2D eigenvalue weighted by Gasteiger charge is -2.30. The van der Waals surface area contributed by atoms with Crippen molar-refractivity contribution in [2.45, 2.75) is 25.5 Å². The zero-order chi connectivity index (χ0) is 21.9. The molecule has 160 valence electrons. The molecule has 1 aliphatic heterocycles. The van der Waals surface area contributed by atoms with Crippen molar-refractivity contribution in [3.63, 3.8) is 0 Å². The molecule has 1 aliphatic rings. The van der Waals surface area contributed by atoms with Gasteiger partial charge in [0.1, 0.15) is 0 Å². The molecule has 1 heterocycles. The van der Waals surface area contributed by atoms with Gasteiger partial charge in [-0.3, -0.25) is 14.9 Å². The number of halogens is 1. The van der Waals surface area contributed by atoms with Crippen molar-refractivity contribution < 1.29 is 18.1 Å². The zero-order valence-electron chi connectivity index (χ0n) is 16.4. The number of sulfonamides is 1. The second-order valence-electron chi connectivity index (χ2n) is 7.31. The van der Waals surface area contributed by atoms with Gasteiger partial charge in [-0.2, -0.15) is 0 Å². The maximum Gasteiger partial charge on any atom is 0.271 e. The van der Waals surface area contributed by atoms with E-state index in [0.29, 0.717) is 29.1 Å². The lowest BCUT2D eigenvalue weighted by atomic mass is 9.97. The number of hydrogen-bond donors (Lipinski definition) is 1. The third-order valence-corrected chi connectivity index (χ3v) is 7.23. The number of carbonyl (C=O) groups is 1. The summed E-state index contributed by atoms with van der Waals surface area (Å²) in [6.07, 6.45) is 0.767. The highest BCUT2D eigenvalue weighted by molar-refractivity contribution is 7.88. The molecule has 8 nitrogen and oxygen atoms in total. The van der Waals surface area contributed by atoms with Gasteiger partial charge in [0.2, 0.25) is 15.9 Å².